The van der Waals surface area contributed by atoms with Crippen molar-refractivity contribution in [3.05, 3.63) is 0 Å². The maximum atomic E-state index is 11.5. The van der Waals surface area contributed by atoms with Crippen LogP contribution in [0.2, 0.25) is 0 Å². The molecular weight excluding hydrogens is 208 g/mol. The first kappa shape index (κ1) is 13.4. The van der Waals surface area contributed by atoms with Gasteiger partial charge in [0, 0.05) is 26.7 Å². The molecule has 1 amide bonds. The summed E-state index contributed by atoms with van der Waals surface area (Å²) in [5, 5.41) is 2.82. The smallest absolute Gasteiger partial charge is 0.234 e. The molecule has 94 valence electrons. The Bertz CT molecular complexity index is 211. The van der Waals surface area contributed by atoms with Crippen LogP contribution in [0.3, 0.4) is 0 Å². The lowest BCUT2D eigenvalue weighted by Gasteiger charge is -2.31. The second kappa shape index (κ2) is 7.60. The van der Waals surface area contributed by atoms with E-state index >= 15 is 0 Å². The number of methoxy groups -OCH3 is 1. The molecule has 0 aliphatic carbocycles. The molecule has 0 saturated carbocycles. The molecule has 1 N–H and O–H groups in total. The van der Waals surface area contributed by atoms with Crippen LogP contribution < -0.4 is 5.32 Å². The van der Waals surface area contributed by atoms with E-state index in [-0.39, 0.29) is 12.0 Å². The molecule has 1 heterocycles. The average molecular weight is 230 g/mol. The highest BCUT2D eigenvalue weighted by Crippen LogP contribution is 2.07. The largest absolute Gasteiger partial charge is 0.383 e. The van der Waals surface area contributed by atoms with Crippen molar-refractivity contribution in [3.8, 4) is 0 Å². The zero-order chi connectivity index (χ0) is 11.8. The summed E-state index contributed by atoms with van der Waals surface area (Å²) < 4.78 is 10.4. The van der Waals surface area contributed by atoms with Crippen LogP contribution in [-0.2, 0) is 14.3 Å². The summed E-state index contributed by atoms with van der Waals surface area (Å²) >= 11 is 0. The summed E-state index contributed by atoms with van der Waals surface area (Å²) in [5.41, 5.74) is 0. The van der Waals surface area contributed by atoms with E-state index in [0.29, 0.717) is 19.7 Å². The van der Waals surface area contributed by atoms with Gasteiger partial charge in [0.1, 0.15) is 0 Å². The normalized spacial score (nSPS) is 22.0. The monoisotopic (exact) mass is 230 g/mol. The van der Waals surface area contributed by atoms with Gasteiger partial charge < -0.3 is 14.8 Å². The molecule has 1 atom stereocenters. The molecule has 0 bridgehead atoms. The van der Waals surface area contributed by atoms with Crippen molar-refractivity contribution < 1.29 is 14.3 Å². The minimum absolute atomic E-state index is 0.0637. The molecule has 0 aromatic rings. The van der Waals surface area contributed by atoms with E-state index in [4.69, 9.17) is 9.47 Å². The van der Waals surface area contributed by atoms with Gasteiger partial charge >= 0.3 is 0 Å². The number of nitrogens with one attached hydrogen (secondary N) is 1. The fraction of sp³-hybridized carbons (Fsp3) is 0.909. The van der Waals surface area contributed by atoms with Gasteiger partial charge in [0.25, 0.3) is 0 Å². The maximum absolute atomic E-state index is 11.5. The molecule has 5 nitrogen and oxygen atoms in total. The fourth-order valence-electron chi connectivity index (χ4n) is 1.72. The molecule has 1 rings (SSSR count). The summed E-state index contributed by atoms with van der Waals surface area (Å²) in [7, 11) is 1.62. The van der Waals surface area contributed by atoms with Crippen LogP contribution in [0.4, 0.5) is 0 Å². The molecule has 0 spiro atoms. The molecule has 16 heavy (non-hydrogen) atoms. The Morgan fingerprint density at radius 1 is 1.62 bits per heavy atom. The van der Waals surface area contributed by atoms with E-state index in [0.717, 1.165) is 26.1 Å². The highest BCUT2D eigenvalue weighted by atomic mass is 16.5. The van der Waals surface area contributed by atoms with Gasteiger partial charge in [-0.05, 0) is 6.42 Å². The maximum Gasteiger partial charge on any atom is 0.234 e. The second-order valence-corrected chi connectivity index (χ2v) is 3.98. The molecule has 5 heteroatoms. The van der Waals surface area contributed by atoms with Crippen molar-refractivity contribution in [1.82, 2.24) is 10.2 Å². The SMILES string of the molecule is CC[C@H]1CN(CC(=O)NCCOC)CCO1. The van der Waals surface area contributed by atoms with E-state index in [2.05, 4.69) is 17.1 Å². The molecule has 0 aromatic carbocycles. The third-order valence-electron chi connectivity index (χ3n) is 2.67. The van der Waals surface area contributed by atoms with Gasteiger partial charge in [0.15, 0.2) is 0 Å². The van der Waals surface area contributed by atoms with E-state index < -0.39 is 0 Å². The number of hydrogen-bond donors (Lipinski definition) is 1. The zero-order valence-corrected chi connectivity index (χ0v) is 10.2. The number of rotatable bonds is 6. The molecule has 1 saturated heterocycles. The quantitative estimate of drug-likeness (QED) is 0.645. The minimum Gasteiger partial charge on any atom is -0.383 e. The number of morpholine rings is 1. The van der Waals surface area contributed by atoms with Gasteiger partial charge in [0.05, 0.1) is 25.9 Å². The Kier molecular flexibility index (Phi) is 6.37. The number of carbonyl (C=O) groups excluding carboxylic acids is 1. The Hall–Kier alpha value is -0.650. The third-order valence-corrected chi connectivity index (χ3v) is 2.67. The number of ether oxygens (including phenoxy) is 2. The molecule has 1 aliphatic heterocycles. The van der Waals surface area contributed by atoms with E-state index in [1.165, 1.54) is 0 Å². The average Bonchev–Trinajstić information content (AvgIpc) is 2.29. The first-order valence-electron chi connectivity index (χ1n) is 5.85. The predicted molar refractivity (Wildman–Crippen MR) is 61.4 cm³/mol. The lowest BCUT2D eigenvalue weighted by atomic mass is 10.2. The summed E-state index contributed by atoms with van der Waals surface area (Å²) in [6.45, 7) is 6.13. The van der Waals surface area contributed by atoms with Gasteiger partial charge in [-0.15, -0.1) is 0 Å². The first-order chi connectivity index (χ1) is 7.76. The van der Waals surface area contributed by atoms with Crippen LogP contribution in [0.5, 0.6) is 0 Å². The second-order valence-electron chi connectivity index (χ2n) is 3.98. The predicted octanol–water partition coefficient (Wildman–Crippen LogP) is -0.140. The van der Waals surface area contributed by atoms with Gasteiger partial charge in [-0.25, -0.2) is 0 Å². The van der Waals surface area contributed by atoms with Gasteiger partial charge in [0.2, 0.25) is 5.91 Å². The number of carbonyl (C=O) groups is 1. The molecule has 0 radical (unpaired) electrons. The van der Waals surface area contributed by atoms with Crippen molar-refractivity contribution in [1.29, 1.82) is 0 Å². The number of nitrogens with zero attached hydrogens (tertiary/aromatic N) is 1. The Balaban J connectivity index is 2.17. The Morgan fingerprint density at radius 3 is 3.12 bits per heavy atom. The van der Waals surface area contributed by atoms with E-state index in [1.54, 1.807) is 7.11 Å². The van der Waals surface area contributed by atoms with Crippen LogP contribution in [0.1, 0.15) is 13.3 Å². The lowest BCUT2D eigenvalue weighted by Crippen LogP contribution is -2.47. The molecule has 1 aliphatic rings. The fourth-order valence-corrected chi connectivity index (χ4v) is 1.72. The van der Waals surface area contributed by atoms with Crippen molar-refractivity contribution >= 4 is 5.91 Å². The topological polar surface area (TPSA) is 50.8 Å². The van der Waals surface area contributed by atoms with Crippen molar-refractivity contribution in [2.24, 2.45) is 0 Å². The summed E-state index contributed by atoms with van der Waals surface area (Å²) in [6, 6.07) is 0. The highest BCUT2D eigenvalue weighted by molar-refractivity contribution is 5.77. The summed E-state index contributed by atoms with van der Waals surface area (Å²) in [5.74, 6) is 0.0637. The Labute approximate surface area is 97.1 Å². The van der Waals surface area contributed by atoms with Gasteiger partial charge in [-0.3, -0.25) is 9.69 Å². The zero-order valence-electron chi connectivity index (χ0n) is 10.2. The van der Waals surface area contributed by atoms with E-state index in [1.807, 2.05) is 0 Å². The summed E-state index contributed by atoms with van der Waals surface area (Å²) in [6.07, 6.45) is 1.28. The number of amides is 1. The van der Waals surface area contributed by atoms with Crippen LogP contribution in [0.15, 0.2) is 0 Å². The molecular formula is C11H22N2O3. The van der Waals surface area contributed by atoms with Crippen molar-refractivity contribution in [2.45, 2.75) is 19.4 Å². The molecule has 0 aromatic heterocycles. The molecule has 1 fully saturated rings. The summed E-state index contributed by atoms with van der Waals surface area (Å²) in [4.78, 5) is 13.7. The third kappa shape index (κ3) is 4.92. The first-order valence-corrected chi connectivity index (χ1v) is 5.85. The van der Waals surface area contributed by atoms with E-state index in [9.17, 15) is 4.79 Å². The van der Waals surface area contributed by atoms with Gasteiger partial charge in [-0.1, -0.05) is 6.92 Å². The Morgan fingerprint density at radius 2 is 2.44 bits per heavy atom. The van der Waals surface area contributed by atoms with Gasteiger partial charge in [-0.2, -0.15) is 0 Å². The van der Waals surface area contributed by atoms with Crippen LogP contribution in [0.25, 0.3) is 0 Å². The van der Waals surface area contributed by atoms with Crippen molar-refractivity contribution in [3.63, 3.8) is 0 Å². The lowest BCUT2D eigenvalue weighted by molar-refractivity contribution is -0.124. The highest BCUT2D eigenvalue weighted by Gasteiger charge is 2.20. The van der Waals surface area contributed by atoms with Crippen LogP contribution in [0, 0.1) is 0 Å². The van der Waals surface area contributed by atoms with Crippen LogP contribution in [-0.4, -0.2) is 63.4 Å². The van der Waals surface area contributed by atoms with Crippen LogP contribution >= 0.6 is 0 Å². The molecule has 0 unspecified atom stereocenters. The standard InChI is InChI=1S/C11H22N2O3/c1-3-10-8-13(5-7-16-10)9-11(14)12-4-6-15-2/h10H,3-9H2,1-2H3,(H,12,14)/t10-/m0/s1. The number of hydrogen-bond acceptors (Lipinski definition) is 4. The minimum atomic E-state index is 0.0637. The van der Waals surface area contributed by atoms with Crippen molar-refractivity contribution in [2.75, 3.05) is 46.5 Å².